The van der Waals surface area contributed by atoms with Crippen LogP contribution in [0.4, 0.5) is 0 Å². The predicted molar refractivity (Wildman–Crippen MR) is 55.4 cm³/mol. The summed E-state index contributed by atoms with van der Waals surface area (Å²) in [5, 5.41) is 1.26. The van der Waals surface area contributed by atoms with Crippen LogP contribution in [0.3, 0.4) is 0 Å². The molecule has 0 radical (unpaired) electrons. The van der Waals surface area contributed by atoms with E-state index in [1.165, 1.54) is 5.41 Å². The Balaban J connectivity index is 2.75. The minimum absolute atomic E-state index is 0.259. The van der Waals surface area contributed by atoms with Crippen LogP contribution in [0.15, 0.2) is 28.5 Å². The Bertz CT molecular complexity index is 515. The number of fused-ring (bicyclic) bond motifs is 1. The Labute approximate surface area is 83.2 Å². The van der Waals surface area contributed by atoms with E-state index >= 15 is 0 Å². The number of sulfone groups is 1. The molecule has 1 aromatic carbocycles. The number of aryl methyl sites for hydroxylation is 1. The smallest absolute Gasteiger partial charge is 0.200 e. The van der Waals surface area contributed by atoms with Crippen LogP contribution in [0.1, 0.15) is 11.1 Å². The molecule has 0 atom stereocenters. The molecule has 14 heavy (non-hydrogen) atoms. The Morgan fingerprint density at radius 2 is 2.07 bits per heavy atom. The maximum atomic E-state index is 11.6. The van der Waals surface area contributed by atoms with Gasteiger partial charge in [0.15, 0.2) is 0 Å². The van der Waals surface area contributed by atoms with Crippen molar-refractivity contribution in [3.05, 3.63) is 34.7 Å². The van der Waals surface area contributed by atoms with Crippen LogP contribution in [-0.4, -0.2) is 15.0 Å². The van der Waals surface area contributed by atoms with Gasteiger partial charge in [-0.2, -0.15) is 0 Å². The first kappa shape index (κ1) is 9.43. The predicted octanol–water partition coefficient (Wildman–Crippen LogP) is 1.08. The second-order valence-electron chi connectivity index (χ2n) is 3.39. The van der Waals surface area contributed by atoms with E-state index in [2.05, 4.69) is 0 Å². The molecule has 3 nitrogen and oxygen atoms in total. The SMILES string of the molecule is Cc1ccc2c(c1)S(=O)(=O)C=C2CN. The van der Waals surface area contributed by atoms with Crippen LogP contribution >= 0.6 is 0 Å². The summed E-state index contributed by atoms with van der Waals surface area (Å²) in [5.41, 5.74) is 7.86. The van der Waals surface area contributed by atoms with Gasteiger partial charge in [-0.25, -0.2) is 8.42 Å². The van der Waals surface area contributed by atoms with E-state index < -0.39 is 9.84 Å². The van der Waals surface area contributed by atoms with Crippen molar-refractivity contribution in [1.82, 2.24) is 0 Å². The number of hydrogen-bond acceptors (Lipinski definition) is 3. The zero-order chi connectivity index (χ0) is 10.3. The van der Waals surface area contributed by atoms with Gasteiger partial charge in [0.25, 0.3) is 0 Å². The number of nitrogens with two attached hydrogens (primary N) is 1. The van der Waals surface area contributed by atoms with Gasteiger partial charge in [-0.05, 0) is 29.7 Å². The van der Waals surface area contributed by atoms with Gasteiger partial charge in [0.1, 0.15) is 0 Å². The quantitative estimate of drug-likeness (QED) is 0.753. The van der Waals surface area contributed by atoms with Crippen LogP contribution < -0.4 is 5.73 Å². The minimum atomic E-state index is -3.23. The van der Waals surface area contributed by atoms with Crippen molar-refractivity contribution in [3.63, 3.8) is 0 Å². The molecule has 0 saturated heterocycles. The standard InChI is InChI=1S/C10H11NO2S/c1-7-2-3-9-8(5-11)6-14(12,13)10(9)4-7/h2-4,6H,5,11H2,1H3. The Morgan fingerprint density at radius 3 is 2.71 bits per heavy atom. The van der Waals surface area contributed by atoms with Gasteiger partial charge < -0.3 is 5.73 Å². The maximum absolute atomic E-state index is 11.6. The van der Waals surface area contributed by atoms with Crippen LogP contribution in [-0.2, 0) is 9.84 Å². The van der Waals surface area contributed by atoms with Crippen LogP contribution in [0, 0.1) is 6.92 Å². The van der Waals surface area contributed by atoms with Gasteiger partial charge in [0.05, 0.1) is 4.90 Å². The van der Waals surface area contributed by atoms with Gasteiger partial charge in [0, 0.05) is 12.0 Å². The van der Waals surface area contributed by atoms with E-state index in [1.54, 1.807) is 6.07 Å². The molecule has 0 unspecified atom stereocenters. The molecule has 1 aromatic rings. The first-order chi connectivity index (χ1) is 6.54. The lowest BCUT2D eigenvalue weighted by Crippen LogP contribution is -2.00. The van der Waals surface area contributed by atoms with Crippen LogP contribution in [0.5, 0.6) is 0 Å². The normalized spacial score (nSPS) is 17.7. The van der Waals surface area contributed by atoms with Crippen molar-refractivity contribution >= 4 is 15.4 Å². The highest BCUT2D eigenvalue weighted by Crippen LogP contribution is 2.32. The fourth-order valence-electron chi connectivity index (χ4n) is 1.60. The van der Waals surface area contributed by atoms with Gasteiger partial charge in [-0.3, -0.25) is 0 Å². The first-order valence-electron chi connectivity index (χ1n) is 4.31. The highest BCUT2D eigenvalue weighted by atomic mass is 32.2. The van der Waals surface area contributed by atoms with E-state index in [4.69, 9.17) is 5.73 Å². The average Bonchev–Trinajstić information content (AvgIpc) is 2.38. The first-order valence-corrected chi connectivity index (χ1v) is 5.86. The second-order valence-corrected chi connectivity index (χ2v) is 5.16. The highest BCUT2D eigenvalue weighted by molar-refractivity contribution is 7.95. The van der Waals surface area contributed by atoms with Crippen LogP contribution in [0.2, 0.25) is 0 Å². The van der Waals surface area contributed by atoms with Gasteiger partial charge >= 0.3 is 0 Å². The van der Waals surface area contributed by atoms with E-state index in [0.717, 1.165) is 11.1 Å². The molecule has 1 aliphatic rings. The molecule has 74 valence electrons. The third-order valence-electron chi connectivity index (χ3n) is 2.31. The zero-order valence-electron chi connectivity index (χ0n) is 7.82. The summed E-state index contributed by atoms with van der Waals surface area (Å²) in [4.78, 5) is 0.387. The van der Waals surface area contributed by atoms with Crippen molar-refractivity contribution < 1.29 is 8.42 Å². The lowest BCUT2D eigenvalue weighted by atomic mass is 10.1. The lowest BCUT2D eigenvalue weighted by Gasteiger charge is -2.02. The largest absolute Gasteiger partial charge is 0.326 e. The number of rotatable bonds is 1. The molecular weight excluding hydrogens is 198 g/mol. The molecule has 0 aliphatic carbocycles. The third-order valence-corrected chi connectivity index (χ3v) is 3.85. The average molecular weight is 209 g/mol. The fourth-order valence-corrected chi connectivity index (χ4v) is 3.18. The van der Waals surface area contributed by atoms with Crippen LogP contribution in [0.25, 0.3) is 5.57 Å². The molecule has 1 aliphatic heterocycles. The van der Waals surface area contributed by atoms with Gasteiger partial charge in [-0.15, -0.1) is 0 Å². The molecule has 4 heteroatoms. The molecule has 0 spiro atoms. The molecule has 0 bridgehead atoms. The topological polar surface area (TPSA) is 60.2 Å². The summed E-state index contributed by atoms with van der Waals surface area (Å²) in [7, 11) is -3.23. The Kier molecular flexibility index (Phi) is 1.97. The van der Waals surface area contributed by atoms with Gasteiger partial charge in [-0.1, -0.05) is 12.1 Å². The second kappa shape index (κ2) is 2.93. The molecule has 2 rings (SSSR count). The molecular formula is C10H11NO2S. The minimum Gasteiger partial charge on any atom is -0.326 e. The van der Waals surface area contributed by atoms with Gasteiger partial charge in [0.2, 0.25) is 9.84 Å². The molecule has 0 fully saturated rings. The highest BCUT2D eigenvalue weighted by Gasteiger charge is 2.25. The number of benzene rings is 1. The Hall–Kier alpha value is -1.13. The summed E-state index contributed by atoms with van der Waals surface area (Å²) >= 11 is 0. The summed E-state index contributed by atoms with van der Waals surface area (Å²) in [6, 6.07) is 5.39. The Morgan fingerprint density at radius 1 is 1.36 bits per heavy atom. The molecule has 2 N–H and O–H groups in total. The van der Waals surface area contributed by atoms with Crippen molar-refractivity contribution in [1.29, 1.82) is 0 Å². The van der Waals surface area contributed by atoms with Crippen molar-refractivity contribution in [2.24, 2.45) is 5.73 Å². The van der Waals surface area contributed by atoms with Crippen molar-refractivity contribution in [2.75, 3.05) is 6.54 Å². The summed E-state index contributed by atoms with van der Waals surface area (Å²) in [6.07, 6.45) is 0. The fraction of sp³-hybridized carbons (Fsp3) is 0.200. The molecule has 0 amide bonds. The molecule has 0 aromatic heterocycles. The molecule has 0 saturated carbocycles. The van der Waals surface area contributed by atoms with E-state index in [9.17, 15) is 8.42 Å². The lowest BCUT2D eigenvalue weighted by molar-refractivity contribution is 0.605. The summed E-state index contributed by atoms with van der Waals surface area (Å²) in [5.74, 6) is 0. The third kappa shape index (κ3) is 1.27. The number of hydrogen-bond donors (Lipinski definition) is 1. The zero-order valence-corrected chi connectivity index (χ0v) is 8.64. The van der Waals surface area contributed by atoms with E-state index in [0.29, 0.717) is 10.5 Å². The maximum Gasteiger partial charge on any atom is 0.200 e. The molecule has 1 heterocycles. The summed E-state index contributed by atoms with van der Waals surface area (Å²) in [6.45, 7) is 2.13. The summed E-state index contributed by atoms with van der Waals surface area (Å²) < 4.78 is 23.3. The van der Waals surface area contributed by atoms with Crippen molar-refractivity contribution in [2.45, 2.75) is 11.8 Å². The van der Waals surface area contributed by atoms with E-state index in [-0.39, 0.29) is 6.54 Å². The monoisotopic (exact) mass is 209 g/mol. The van der Waals surface area contributed by atoms with E-state index in [1.807, 2.05) is 19.1 Å². The van der Waals surface area contributed by atoms with Crippen molar-refractivity contribution in [3.8, 4) is 0 Å².